The van der Waals surface area contributed by atoms with Crippen LogP contribution < -0.4 is 0 Å². The van der Waals surface area contributed by atoms with Crippen LogP contribution in [0.1, 0.15) is 12.1 Å². The summed E-state index contributed by atoms with van der Waals surface area (Å²) in [6.07, 6.45) is -2.77. The Labute approximate surface area is 65.9 Å². The molecule has 1 heterocycles. The zero-order chi connectivity index (χ0) is 9.14. The molecule has 0 aliphatic carbocycles. The number of carbonyl (C=O) groups is 1. The number of halogens is 2. The van der Waals surface area contributed by atoms with Crippen LogP contribution in [0.5, 0.6) is 0 Å². The first-order valence-corrected chi connectivity index (χ1v) is 2.94. The van der Waals surface area contributed by atoms with Gasteiger partial charge in [-0.15, -0.1) is 5.10 Å². The third-order valence-electron chi connectivity index (χ3n) is 1.10. The molecular formula is C5H5F2N3O2. The van der Waals surface area contributed by atoms with E-state index in [9.17, 15) is 13.6 Å². The molecule has 0 amide bonds. The Hall–Kier alpha value is -1.53. The first kappa shape index (κ1) is 8.57. The molecule has 66 valence electrons. The fourth-order valence-electron chi connectivity index (χ4n) is 0.559. The number of hydrogen-bond donors (Lipinski definition) is 0. The van der Waals surface area contributed by atoms with Crippen molar-refractivity contribution in [1.82, 2.24) is 15.0 Å². The van der Waals surface area contributed by atoms with Gasteiger partial charge in [0.15, 0.2) is 0 Å². The Morgan fingerprint density at radius 1 is 1.75 bits per heavy atom. The minimum absolute atomic E-state index is 0.555. The van der Waals surface area contributed by atoms with Crippen LogP contribution in [-0.2, 0) is 4.74 Å². The van der Waals surface area contributed by atoms with Gasteiger partial charge in [0.25, 0.3) is 6.43 Å². The van der Waals surface area contributed by atoms with E-state index < -0.39 is 18.2 Å². The molecule has 0 aromatic carbocycles. The number of carbonyl (C=O) groups excluding carboxylic acids is 1. The molecule has 0 spiro atoms. The zero-order valence-electron chi connectivity index (χ0n) is 6.07. The lowest BCUT2D eigenvalue weighted by Crippen LogP contribution is -2.11. The van der Waals surface area contributed by atoms with Gasteiger partial charge in [-0.05, 0) is 0 Å². The molecule has 5 nitrogen and oxygen atoms in total. The summed E-state index contributed by atoms with van der Waals surface area (Å²) in [5, 5.41) is 6.17. The van der Waals surface area contributed by atoms with Crippen molar-refractivity contribution in [2.75, 3.05) is 7.11 Å². The average Bonchev–Trinajstić information content (AvgIpc) is 2.51. The van der Waals surface area contributed by atoms with Crippen molar-refractivity contribution < 1.29 is 18.3 Å². The van der Waals surface area contributed by atoms with Crippen molar-refractivity contribution >= 4 is 6.09 Å². The monoisotopic (exact) mass is 177 g/mol. The highest BCUT2D eigenvalue weighted by molar-refractivity contribution is 5.68. The van der Waals surface area contributed by atoms with Crippen LogP contribution in [0.25, 0.3) is 0 Å². The normalized spacial score (nSPS) is 10.3. The predicted octanol–water partition coefficient (Wildman–Crippen LogP) is 0.830. The molecule has 1 aromatic rings. The maximum Gasteiger partial charge on any atom is 0.435 e. The minimum atomic E-state index is -2.73. The van der Waals surface area contributed by atoms with Gasteiger partial charge in [-0.3, -0.25) is 0 Å². The average molecular weight is 177 g/mol. The third-order valence-corrected chi connectivity index (χ3v) is 1.10. The van der Waals surface area contributed by atoms with Crippen molar-refractivity contribution in [2.24, 2.45) is 0 Å². The molecule has 1 rings (SSSR count). The lowest BCUT2D eigenvalue weighted by atomic mass is 10.5. The van der Waals surface area contributed by atoms with Gasteiger partial charge in [-0.25, -0.2) is 13.6 Å². The van der Waals surface area contributed by atoms with Crippen LogP contribution >= 0.6 is 0 Å². The third kappa shape index (κ3) is 1.55. The highest BCUT2D eigenvalue weighted by Gasteiger charge is 2.14. The first-order chi connectivity index (χ1) is 5.65. The molecule has 0 saturated heterocycles. The smallest absolute Gasteiger partial charge is 0.435 e. The van der Waals surface area contributed by atoms with E-state index in [0.717, 1.165) is 13.3 Å². The molecular weight excluding hydrogens is 172 g/mol. The van der Waals surface area contributed by atoms with E-state index in [1.165, 1.54) is 0 Å². The van der Waals surface area contributed by atoms with Crippen LogP contribution in [0.2, 0.25) is 0 Å². The first-order valence-electron chi connectivity index (χ1n) is 2.94. The van der Waals surface area contributed by atoms with Gasteiger partial charge in [0.1, 0.15) is 5.69 Å². The number of methoxy groups -OCH3 is 1. The second-order valence-electron chi connectivity index (χ2n) is 1.86. The number of hydrogen-bond acceptors (Lipinski definition) is 4. The largest absolute Gasteiger partial charge is 0.451 e. The molecule has 0 aliphatic rings. The molecule has 1 aromatic heterocycles. The summed E-state index contributed by atoms with van der Waals surface area (Å²) in [6, 6.07) is 0. The standard InChI is InChI=1S/C5H5F2N3O2/c1-12-5(11)10-2-3(4(6)7)8-9-10/h2,4H,1H3. The van der Waals surface area contributed by atoms with E-state index in [4.69, 9.17) is 0 Å². The fourth-order valence-corrected chi connectivity index (χ4v) is 0.559. The number of ether oxygens (including phenoxy) is 1. The van der Waals surface area contributed by atoms with Gasteiger partial charge in [0.2, 0.25) is 0 Å². The van der Waals surface area contributed by atoms with Gasteiger partial charge in [-0.2, -0.15) is 4.68 Å². The Morgan fingerprint density at radius 2 is 2.42 bits per heavy atom. The molecule has 0 unspecified atom stereocenters. The molecule has 0 fully saturated rings. The summed E-state index contributed by atoms with van der Waals surface area (Å²) < 4.78 is 28.6. The van der Waals surface area contributed by atoms with Crippen LogP contribution in [0, 0.1) is 0 Å². The molecule has 0 N–H and O–H groups in total. The van der Waals surface area contributed by atoms with Crippen molar-refractivity contribution in [3.05, 3.63) is 11.9 Å². The lowest BCUT2D eigenvalue weighted by Gasteiger charge is -1.93. The fraction of sp³-hybridized carbons (Fsp3) is 0.400. The summed E-state index contributed by atoms with van der Waals surface area (Å²) in [5.74, 6) is 0. The Kier molecular flexibility index (Phi) is 2.32. The predicted molar refractivity (Wildman–Crippen MR) is 32.8 cm³/mol. The summed E-state index contributed by atoms with van der Waals surface area (Å²) in [5.41, 5.74) is -0.555. The van der Waals surface area contributed by atoms with Gasteiger partial charge < -0.3 is 4.74 Å². The summed E-state index contributed by atoms with van der Waals surface area (Å²) in [7, 11) is 1.12. The van der Waals surface area contributed by atoms with Gasteiger partial charge in [0, 0.05) is 0 Å². The quantitative estimate of drug-likeness (QED) is 0.637. The van der Waals surface area contributed by atoms with E-state index in [-0.39, 0.29) is 0 Å². The molecule has 12 heavy (non-hydrogen) atoms. The lowest BCUT2D eigenvalue weighted by molar-refractivity contribution is 0.146. The summed E-state index contributed by atoms with van der Waals surface area (Å²) in [4.78, 5) is 10.6. The molecule has 0 aliphatic heterocycles. The Morgan fingerprint density at radius 3 is 2.83 bits per heavy atom. The summed E-state index contributed by atoms with van der Waals surface area (Å²) >= 11 is 0. The SMILES string of the molecule is COC(=O)n1cc(C(F)F)nn1. The second kappa shape index (κ2) is 3.24. The van der Waals surface area contributed by atoms with Crippen molar-refractivity contribution in [2.45, 2.75) is 6.43 Å². The van der Waals surface area contributed by atoms with Crippen molar-refractivity contribution in [3.8, 4) is 0 Å². The van der Waals surface area contributed by atoms with Crippen molar-refractivity contribution in [3.63, 3.8) is 0 Å². The maximum absolute atomic E-state index is 11.9. The number of alkyl halides is 2. The number of nitrogens with zero attached hydrogens (tertiary/aromatic N) is 3. The highest BCUT2D eigenvalue weighted by atomic mass is 19.3. The number of rotatable bonds is 1. The minimum Gasteiger partial charge on any atom is -0.451 e. The molecule has 0 radical (unpaired) electrons. The second-order valence-corrected chi connectivity index (χ2v) is 1.86. The van der Waals surface area contributed by atoms with E-state index in [0.29, 0.717) is 4.68 Å². The maximum atomic E-state index is 11.9. The molecule has 0 saturated carbocycles. The zero-order valence-corrected chi connectivity index (χ0v) is 6.07. The molecule has 7 heteroatoms. The van der Waals surface area contributed by atoms with Gasteiger partial charge in [-0.1, -0.05) is 5.21 Å². The van der Waals surface area contributed by atoms with E-state index in [2.05, 4.69) is 15.0 Å². The Bertz CT molecular complexity index is 286. The molecule has 0 bridgehead atoms. The van der Waals surface area contributed by atoms with E-state index >= 15 is 0 Å². The van der Waals surface area contributed by atoms with Crippen LogP contribution in [0.4, 0.5) is 13.6 Å². The van der Waals surface area contributed by atoms with Crippen molar-refractivity contribution in [1.29, 1.82) is 0 Å². The van der Waals surface area contributed by atoms with E-state index in [1.54, 1.807) is 0 Å². The van der Waals surface area contributed by atoms with Crippen LogP contribution in [0.3, 0.4) is 0 Å². The van der Waals surface area contributed by atoms with Gasteiger partial charge in [0.05, 0.1) is 13.3 Å². The Balaban J connectivity index is 2.84. The van der Waals surface area contributed by atoms with E-state index in [1.807, 2.05) is 0 Å². The van der Waals surface area contributed by atoms with Gasteiger partial charge >= 0.3 is 6.09 Å². The van der Waals surface area contributed by atoms with Crippen LogP contribution in [0.15, 0.2) is 6.20 Å². The topological polar surface area (TPSA) is 57.0 Å². The van der Waals surface area contributed by atoms with Crippen LogP contribution in [-0.4, -0.2) is 28.2 Å². The number of aromatic nitrogens is 3. The summed E-state index contributed by atoms with van der Waals surface area (Å²) in [6.45, 7) is 0. The highest BCUT2D eigenvalue weighted by Crippen LogP contribution is 2.14. The molecule has 0 atom stereocenters.